The Morgan fingerprint density at radius 1 is 1.41 bits per heavy atom. The second kappa shape index (κ2) is 7.25. The molecule has 1 amide bonds. The molecule has 0 aromatic carbocycles. The molecule has 0 spiro atoms. The Balaban J connectivity index is 2.35. The molecule has 5 heteroatoms. The SMILES string of the molecule is CCC(C#N)N1CCN(C(=O)CCOC)CC1. The largest absolute Gasteiger partial charge is 0.384 e. The van der Waals surface area contributed by atoms with Crippen LogP contribution in [0, 0.1) is 11.3 Å². The van der Waals surface area contributed by atoms with Crippen molar-refractivity contribution in [3.63, 3.8) is 0 Å². The van der Waals surface area contributed by atoms with Gasteiger partial charge in [0, 0.05) is 33.3 Å². The molecule has 5 nitrogen and oxygen atoms in total. The molecule has 1 saturated heterocycles. The number of hydrogen-bond acceptors (Lipinski definition) is 4. The summed E-state index contributed by atoms with van der Waals surface area (Å²) in [5, 5.41) is 8.98. The number of nitrogens with zero attached hydrogens (tertiary/aromatic N) is 3. The fraction of sp³-hybridized carbons (Fsp3) is 0.833. The first-order valence-corrected chi connectivity index (χ1v) is 6.13. The maximum absolute atomic E-state index is 11.7. The number of carbonyl (C=O) groups excluding carboxylic acids is 1. The molecule has 0 aromatic heterocycles. The third-order valence-electron chi connectivity index (χ3n) is 3.16. The Morgan fingerprint density at radius 2 is 2.06 bits per heavy atom. The van der Waals surface area contributed by atoms with E-state index in [-0.39, 0.29) is 11.9 Å². The first-order valence-electron chi connectivity index (χ1n) is 6.13. The minimum Gasteiger partial charge on any atom is -0.384 e. The van der Waals surface area contributed by atoms with Gasteiger partial charge < -0.3 is 9.64 Å². The van der Waals surface area contributed by atoms with E-state index in [1.807, 2.05) is 11.8 Å². The van der Waals surface area contributed by atoms with Crippen LogP contribution in [0.3, 0.4) is 0 Å². The summed E-state index contributed by atoms with van der Waals surface area (Å²) in [6, 6.07) is 2.29. The van der Waals surface area contributed by atoms with E-state index in [0.717, 1.165) is 32.6 Å². The van der Waals surface area contributed by atoms with Crippen molar-refractivity contribution in [2.45, 2.75) is 25.8 Å². The van der Waals surface area contributed by atoms with Crippen LogP contribution in [-0.2, 0) is 9.53 Å². The van der Waals surface area contributed by atoms with Gasteiger partial charge in [0.25, 0.3) is 0 Å². The Labute approximate surface area is 103 Å². The maximum Gasteiger partial charge on any atom is 0.224 e. The van der Waals surface area contributed by atoms with E-state index in [2.05, 4.69) is 11.0 Å². The molecular weight excluding hydrogens is 218 g/mol. The highest BCUT2D eigenvalue weighted by Gasteiger charge is 2.24. The van der Waals surface area contributed by atoms with E-state index in [4.69, 9.17) is 10.00 Å². The van der Waals surface area contributed by atoms with Gasteiger partial charge in [-0.25, -0.2) is 0 Å². The van der Waals surface area contributed by atoms with Crippen LogP contribution in [-0.4, -0.2) is 61.6 Å². The Kier molecular flexibility index (Phi) is 5.95. The smallest absolute Gasteiger partial charge is 0.224 e. The fourth-order valence-electron chi connectivity index (χ4n) is 2.06. The Hall–Kier alpha value is -1.12. The number of hydrogen-bond donors (Lipinski definition) is 0. The molecule has 0 aromatic rings. The van der Waals surface area contributed by atoms with E-state index >= 15 is 0 Å². The van der Waals surface area contributed by atoms with E-state index in [9.17, 15) is 4.79 Å². The van der Waals surface area contributed by atoms with Crippen molar-refractivity contribution in [2.24, 2.45) is 0 Å². The van der Waals surface area contributed by atoms with Crippen LogP contribution >= 0.6 is 0 Å². The molecule has 1 heterocycles. The summed E-state index contributed by atoms with van der Waals surface area (Å²) in [4.78, 5) is 15.7. The molecule has 17 heavy (non-hydrogen) atoms. The van der Waals surface area contributed by atoms with E-state index in [0.29, 0.717) is 13.0 Å². The molecule has 0 radical (unpaired) electrons. The highest BCUT2D eigenvalue weighted by molar-refractivity contribution is 5.76. The maximum atomic E-state index is 11.7. The third kappa shape index (κ3) is 3.99. The van der Waals surface area contributed by atoms with Crippen LogP contribution in [0.5, 0.6) is 0 Å². The number of ether oxygens (including phenoxy) is 1. The van der Waals surface area contributed by atoms with Crippen LogP contribution in [0.1, 0.15) is 19.8 Å². The van der Waals surface area contributed by atoms with Crippen molar-refractivity contribution in [1.29, 1.82) is 5.26 Å². The van der Waals surface area contributed by atoms with Gasteiger partial charge in [-0.3, -0.25) is 9.69 Å². The van der Waals surface area contributed by atoms with E-state index in [1.165, 1.54) is 0 Å². The van der Waals surface area contributed by atoms with Gasteiger partial charge in [-0.1, -0.05) is 6.92 Å². The minimum absolute atomic E-state index is 0.00812. The van der Waals surface area contributed by atoms with Crippen LogP contribution in [0.25, 0.3) is 0 Å². The fourth-order valence-corrected chi connectivity index (χ4v) is 2.06. The van der Waals surface area contributed by atoms with Crippen molar-refractivity contribution in [3.8, 4) is 6.07 Å². The summed E-state index contributed by atoms with van der Waals surface area (Å²) in [5.41, 5.74) is 0. The summed E-state index contributed by atoms with van der Waals surface area (Å²) < 4.78 is 4.90. The second-order valence-electron chi connectivity index (χ2n) is 4.21. The normalized spacial score (nSPS) is 18.8. The Morgan fingerprint density at radius 3 is 2.53 bits per heavy atom. The van der Waals surface area contributed by atoms with Crippen molar-refractivity contribution >= 4 is 5.91 Å². The van der Waals surface area contributed by atoms with Gasteiger partial charge in [-0.05, 0) is 6.42 Å². The topological polar surface area (TPSA) is 56.6 Å². The van der Waals surface area contributed by atoms with Gasteiger partial charge in [-0.15, -0.1) is 0 Å². The summed E-state index contributed by atoms with van der Waals surface area (Å²) in [6.07, 6.45) is 1.29. The van der Waals surface area contributed by atoms with Crippen molar-refractivity contribution in [3.05, 3.63) is 0 Å². The van der Waals surface area contributed by atoms with Gasteiger partial charge in [0.05, 0.1) is 25.1 Å². The van der Waals surface area contributed by atoms with Crippen LogP contribution in [0.15, 0.2) is 0 Å². The highest BCUT2D eigenvalue weighted by Crippen LogP contribution is 2.09. The lowest BCUT2D eigenvalue weighted by molar-refractivity contribution is -0.134. The number of amides is 1. The van der Waals surface area contributed by atoms with Crippen LogP contribution in [0.4, 0.5) is 0 Å². The number of carbonyl (C=O) groups is 1. The molecule has 1 aliphatic rings. The van der Waals surface area contributed by atoms with Crippen LogP contribution in [0.2, 0.25) is 0 Å². The van der Waals surface area contributed by atoms with Gasteiger partial charge in [-0.2, -0.15) is 5.26 Å². The van der Waals surface area contributed by atoms with Crippen molar-refractivity contribution in [2.75, 3.05) is 39.9 Å². The highest BCUT2D eigenvalue weighted by atomic mass is 16.5. The predicted molar refractivity (Wildman–Crippen MR) is 64.3 cm³/mol. The molecule has 1 unspecified atom stereocenters. The molecule has 0 bridgehead atoms. The summed E-state index contributed by atoms with van der Waals surface area (Å²) in [6.45, 7) is 5.54. The number of methoxy groups -OCH3 is 1. The predicted octanol–water partition coefficient (Wildman–Crippen LogP) is 0.469. The monoisotopic (exact) mass is 239 g/mol. The zero-order chi connectivity index (χ0) is 12.7. The van der Waals surface area contributed by atoms with Gasteiger partial charge >= 0.3 is 0 Å². The van der Waals surface area contributed by atoms with Crippen molar-refractivity contribution < 1.29 is 9.53 Å². The first-order chi connectivity index (χ1) is 8.22. The Bertz CT molecular complexity index is 280. The molecule has 0 N–H and O–H groups in total. The summed E-state index contributed by atoms with van der Waals surface area (Å²) in [5.74, 6) is 0.150. The number of nitriles is 1. The number of rotatable bonds is 5. The molecule has 1 rings (SSSR count). The zero-order valence-electron chi connectivity index (χ0n) is 10.7. The van der Waals surface area contributed by atoms with Gasteiger partial charge in [0.2, 0.25) is 5.91 Å². The summed E-state index contributed by atoms with van der Waals surface area (Å²) >= 11 is 0. The van der Waals surface area contributed by atoms with Gasteiger partial charge in [0.15, 0.2) is 0 Å². The lowest BCUT2D eigenvalue weighted by atomic mass is 10.2. The average Bonchev–Trinajstić information content (AvgIpc) is 2.38. The molecule has 96 valence electrons. The number of piperazine rings is 1. The first kappa shape index (κ1) is 13.9. The zero-order valence-corrected chi connectivity index (χ0v) is 10.7. The third-order valence-corrected chi connectivity index (χ3v) is 3.16. The average molecular weight is 239 g/mol. The quantitative estimate of drug-likeness (QED) is 0.700. The lowest BCUT2D eigenvalue weighted by Gasteiger charge is -2.36. The molecule has 0 aliphatic carbocycles. The van der Waals surface area contributed by atoms with Crippen LogP contribution < -0.4 is 0 Å². The molecule has 1 fully saturated rings. The molecular formula is C12H21N3O2. The second-order valence-corrected chi connectivity index (χ2v) is 4.21. The van der Waals surface area contributed by atoms with E-state index in [1.54, 1.807) is 7.11 Å². The standard InChI is InChI=1S/C12H21N3O2/c1-3-11(10-13)14-5-7-15(8-6-14)12(16)4-9-17-2/h11H,3-9H2,1-2H3. The minimum atomic E-state index is -0.00812. The van der Waals surface area contributed by atoms with Crippen molar-refractivity contribution in [1.82, 2.24) is 9.80 Å². The molecule has 0 saturated carbocycles. The van der Waals surface area contributed by atoms with Gasteiger partial charge in [0.1, 0.15) is 0 Å². The molecule has 1 atom stereocenters. The summed E-state index contributed by atoms with van der Waals surface area (Å²) in [7, 11) is 1.60. The van der Waals surface area contributed by atoms with E-state index < -0.39 is 0 Å². The molecule has 1 aliphatic heterocycles. The lowest BCUT2D eigenvalue weighted by Crippen LogP contribution is -2.51.